The molecule has 0 unspecified atom stereocenters. The smallest absolute Gasteiger partial charge is 0.223 e. The number of aromatic nitrogens is 1. The number of amides is 1. The molecule has 1 heterocycles. The van der Waals surface area contributed by atoms with Crippen LogP contribution in [0.4, 0.5) is 5.13 Å². The van der Waals surface area contributed by atoms with Crippen LogP contribution in [-0.2, 0) is 11.2 Å². The average molecular weight is 224 g/mol. The predicted molar refractivity (Wildman–Crippen MR) is 58.2 cm³/mol. The fourth-order valence-electron chi connectivity index (χ4n) is 1.72. The summed E-state index contributed by atoms with van der Waals surface area (Å²) in [5.41, 5.74) is 0.840. The van der Waals surface area contributed by atoms with E-state index in [1.54, 1.807) is 0 Å². The molecule has 1 aromatic heterocycles. The summed E-state index contributed by atoms with van der Waals surface area (Å²) in [4.78, 5) is 27.5. The van der Waals surface area contributed by atoms with Crippen LogP contribution in [0.2, 0.25) is 0 Å². The lowest BCUT2D eigenvalue weighted by atomic mass is 9.92. The zero-order chi connectivity index (χ0) is 11.0. The van der Waals surface area contributed by atoms with Gasteiger partial charge in [0.05, 0.1) is 10.6 Å². The van der Waals surface area contributed by atoms with Crippen LogP contribution >= 0.6 is 11.3 Å². The van der Waals surface area contributed by atoms with Crippen molar-refractivity contribution >= 4 is 28.2 Å². The second-order valence-electron chi connectivity index (χ2n) is 3.91. The van der Waals surface area contributed by atoms with Crippen LogP contribution in [0.3, 0.4) is 0 Å². The highest BCUT2D eigenvalue weighted by Crippen LogP contribution is 2.31. The Bertz CT molecular complexity index is 425. The van der Waals surface area contributed by atoms with Crippen molar-refractivity contribution < 1.29 is 9.59 Å². The molecule has 1 aliphatic carbocycles. The van der Waals surface area contributed by atoms with Gasteiger partial charge >= 0.3 is 0 Å². The van der Waals surface area contributed by atoms with Crippen LogP contribution in [0.5, 0.6) is 0 Å². The van der Waals surface area contributed by atoms with E-state index in [9.17, 15) is 9.59 Å². The molecule has 15 heavy (non-hydrogen) atoms. The molecule has 2 rings (SSSR count). The van der Waals surface area contributed by atoms with Gasteiger partial charge in [-0.05, 0) is 12.3 Å². The Hall–Kier alpha value is -1.23. The van der Waals surface area contributed by atoms with E-state index < -0.39 is 0 Å². The van der Waals surface area contributed by atoms with Gasteiger partial charge in [-0.15, -0.1) is 0 Å². The monoisotopic (exact) mass is 224 g/mol. The fourth-order valence-corrected chi connectivity index (χ4v) is 2.71. The first-order chi connectivity index (χ1) is 7.06. The number of anilines is 1. The minimum atomic E-state index is -0.151. The van der Waals surface area contributed by atoms with E-state index in [0.29, 0.717) is 17.5 Å². The number of fused-ring (bicyclic) bond motifs is 1. The summed E-state index contributed by atoms with van der Waals surface area (Å²) < 4.78 is 0. The van der Waals surface area contributed by atoms with E-state index in [1.165, 1.54) is 18.3 Å². The SMILES string of the molecule is CC(=O)Nc1nc2c(s1)C(=O)C[C@H](C)C2. The van der Waals surface area contributed by atoms with Gasteiger partial charge in [-0.3, -0.25) is 9.59 Å². The van der Waals surface area contributed by atoms with E-state index in [-0.39, 0.29) is 11.7 Å². The lowest BCUT2D eigenvalue weighted by Crippen LogP contribution is -2.16. The number of nitrogens with zero attached hydrogens (tertiary/aromatic N) is 1. The zero-order valence-corrected chi connectivity index (χ0v) is 9.48. The van der Waals surface area contributed by atoms with Crippen molar-refractivity contribution in [2.75, 3.05) is 5.32 Å². The maximum absolute atomic E-state index is 11.7. The number of ketones is 1. The third-order valence-electron chi connectivity index (χ3n) is 2.31. The van der Waals surface area contributed by atoms with Crippen LogP contribution in [0.1, 0.15) is 35.6 Å². The van der Waals surface area contributed by atoms with Crippen molar-refractivity contribution in [2.45, 2.75) is 26.7 Å². The molecule has 1 atom stereocenters. The number of thiazole rings is 1. The van der Waals surface area contributed by atoms with Gasteiger partial charge in [0.1, 0.15) is 0 Å². The maximum atomic E-state index is 11.7. The Morgan fingerprint density at radius 3 is 2.93 bits per heavy atom. The lowest BCUT2D eigenvalue weighted by Gasteiger charge is -2.14. The Labute approximate surface area is 91.7 Å². The predicted octanol–water partition coefficient (Wildman–Crippen LogP) is 1.87. The van der Waals surface area contributed by atoms with Crippen LogP contribution in [0.15, 0.2) is 0 Å². The van der Waals surface area contributed by atoms with Gasteiger partial charge < -0.3 is 5.32 Å². The molecule has 0 spiro atoms. The Balaban J connectivity index is 2.30. The van der Waals surface area contributed by atoms with Gasteiger partial charge in [-0.25, -0.2) is 4.98 Å². The van der Waals surface area contributed by atoms with Gasteiger partial charge in [0.25, 0.3) is 0 Å². The maximum Gasteiger partial charge on any atom is 0.223 e. The topological polar surface area (TPSA) is 59.1 Å². The Morgan fingerprint density at radius 1 is 1.53 bits per heavy atom. The zero-order valence-electron chi connectivity index (χ0n) is 8.66. The summed E-state index contributed by atoms with van der Waals surface area (Å²) in [5, 5.41) is 3.15. The van der Waals surface area contributed by atoms with Crippen molar-refractivity contribution in [3.8, 4) is 0 Å². The molecule has 0 fully saturated rings. The summed E-state index contributed by atoms with van der Waals surface area (Å²) in [5.74, 6) is 0.358. The minimum Gasteiger partial charge on any atom is -0.302 e. The van der Waals surface area contributed by atoms with Crippen molar-refractivity contribution in [1.82, 2.24) is 4.98 Å². The quantitative estimate of drug-likeness (QED) is 0.792. The molecular formula is C10H12N2O2S. The molecule has 0 radical (unpaired) electrons. The van der Waals surface area contributed by atoms with Gasteiger partial charge in [0.2, 0.25) is 5.91 Å². The van der Waals surface area contributed by atoms with E-state index >= 15 is 0 Å². The highest BCUT2D eigenvalue weighted by molar-refractivity contribution is 7.17. The van der Waals surface area contributed by atoms with Crippen LogP contribution < -0.4 is 5.32 Å². The number of Topliss-reactive ketones (excluding diaryl/α,β-unsaturated/α-hetero) is 1. The highest BCUT2D eigenvalue weighted by Gasteiger charge is 2.26. The van der Waals surface area contributed by atoms with Crippen LogP contribution in [0.25, 0.3) is 0 Å². The van der Waals surface area contributed by atoms with Crippen LogP contribution in [-0.4, -0.2) is 16.7 Å². The highest BCUT2D eigenvalue weighted by atomic mass is 32.1. The van der Waals surface area contributed by atoms with Gasteiger partial charge in [0, 0.05) is 13.3 Å². The lowest BCUT2D eigenvalue weighted by molar-refractivity contribution is -0.114. The molecule has 4 nitrogen and oxygen atoms in total. The number of carbonyl (C=O) groups excluding carboxylic acids is 2. The minimum absolute atomic E-state index is 0.151. The number of hydrogen-bond acceptors (Lipinski definition) is 4. The summed E-state index contributed by atoms with van der Waals surface area (Å²) in [6.07, 6.45) is 1.42. The number of nitrogens with one attached hydrogen (secondary N) is 1. The van der Waals surface area contributed by atoms with Crippen molar-refractivity contribution in [3.05, 3.63) is 10.6 Å². The molecule has 1 amide bonds. The first-order valence-electron chi connectivity index (χ1n) is 4.86. The largest absolute Gasteiger partial charge is 0.302 e. The third-order valence-corrected chi connectivity index (χ3v) is 3.36. The summed E-state index contributed by atoms with van der Waals surface area (Å²) in [7, 11) is 0. The van der Waals surface area contributed by atoms with Gasteiger partial charge in [-0.1, -0.05) is 18.3 Å². The first-order valence-corrected chi connectivity index (χ1v) is 5.68. The molecule has 80 valence electrons. The number of rotatable bonds is 1. The molecule has 5 heteroatoms. The number of hydrogen-bond donors (Lipinski definition) is 1. The second-order valence-corrected chi connectivity index (χ2v) is 4.91. The molecule has 1 N–H and O–H groups in total. The molecule has 0 bridgehead atoms. The van der Waals surface area contributed by atoms with E-state index in [2.05, 4.69) is 10.3 Å². The Morgan fingerprint density at radius 2 is 2.27 bits per heavy atom. The van der Waals surface area contributed by atoms with Crippen molar-refractivity contribution in [1.29, 1.82) is 0 Å². The van der Waals surface area contributed by atoms with Crippen molar-refractivity contribution in [2.24, 2.45) is 5.92 Å². The van der Waals surface area contributed by atoms with Crippen LogP contribution in [0, 0.1) is 5.92 Å². The second kappa shape index (κ2) is 3.73. The first kappa shape index (κ1) is 10.3. The molecule has 0 aromatic carbocycles. The van der Waals surface area contributed by atoms with Gasteiger partial charge in [-0.2, -0.15) is 0 Å². The fraction of sp³-hybridized carbons (Fsp3) is 0.500. The van der Waals surface area contributed by atoms with Gasteiger partial charge in [0.15, 0.2) is 10.9 Å². The van der Waals surface area contributed by atoms with E-state index in [0.717, 1.165) is 17.0 Å². The molecule has 0 saturated carbocycles. The molecule has 1 aromatic rings. The average Bonchev–Trinajstić information content (AvgIpc) is 2.45. The summed E-state index contributed by atoms with van der Waals surface area (Å²) >= 11 is 1.28. The molecular weight excluding hydrogens is 212 g/mol. The summed E-state index contributed by atoms with van der Waals surface area (Å²) in [6.45, 7) is 3.48. The molecule has 0 saturated heterocycles. The standard InChI is InChI=1S/C10H12N2O2S/c1-5-3-7-9(8(14)4-5)15-10(12-7)11-6(2)13/h5H,3-4H2,1-2H3,(H,11,12,13)/t5-/m1/s1. The normalized spacial score (nSPS) is 19.9. The summed E-state index contributed by atoms with van der Waals surface area (Å²) in [6, 6.07) is 0. The third kappa shape index (κ3) is 2.07. The molecule has 0 aliphatic heterocycles. The van der Waals surface area contributed by atoms with E-state index in [1.807, 2.05) is 6.92 Å². The number of carbonyl (C=O) groups is 2. The molecule has 1 aliphatic rings. The van der Waals surface area contributed by atoms with Crippen molar-refractivity contribution in [3.63, 3.8) is 0 Å². The Kier molecular flexibility index (Phi) is 2.56. The van der Waals surface area contributed by atoms with E-state index in [4.69, 9.17) is 0 Å².